The largest absolute Gasteiger partial charge is 0.382 e. The third kappa shape index (κ3) is 2.83. The highest BCUT2D eigenvalue weighted by molar-refractivity contribution is 7.18. The van der Waals surface area contributed by atoms with Crippen LogP contribution in [0.3, 0.4) is 0 Å². The minimum atomic E-state index is -0.0842. The molecule has 1 aromatic rings. The second-order valence-corrected chi connectivity index (χ2v) is 6.90. The molecule has 1 fully saturated rings. The van der Waals surface area contributed by atoms with Crippen molar-refractivity contribution in [2.75, 3.05) is 17.6 Å². The predicted molar refractivity (Wildman–Crippen MR) is 79.6 cm³/mol. The molecule has 0 radical (unpaired) electrons. The van der Waals surface area contributed by atoms with Crippen LogP contribution in [0.15, 0.2) is 0 Å². The Kier molecular flexibility index (Phi) is 3.71. The van der Waals surface area contributed by atoms with Crippen molar-refractivity contribution in [2.45, 2.75) is 52.1 Å². The lowest BCUT2D eigenvalue weighted by Crippen LogP contribution is -2.42. The molecular weight excluding hydrogens is 260 g/mol. The topological polar surface area (TPSA) is 71.2 Å². The van der Waals surface area contributed by atoms with Gasteiger partial charge in [0.05, 0.1) is 0 Å². The van der Waals surface area contributed by atoms with Gasteiger partial charge in [-0.2, -0.15) is 0 Å². The zero-order chi connectivity index (χ0) is 14.2. The van der Waals surface area contributed by atoms with E-state index in [9.17, 15) is 4.79 Å². The Labute approximate surface area is 118 Å². The molecule has 1 aliphatic rings. The van der Waals surface area contributed by atoms with E-state index in [0.717, 1.165) is 19.4 Å². The van der Waals surface area contributed by atoms with Crippen LogP contribution in [0.1, 0.15) is 50.2 Å². The summed E-state index contributed by atoms with van der Waals surface area (Å²) in [5.41, 5.74) is 5.80. The molecule has 1 amide bonds. The van der Waals surface area contributed by atoms with Crippen LogP contribution in [0.2, 0.25) is 0 Å². The number of amides is 1. The molecule has 106 valence electrons. The van der Waals surface area contributed by atoms with Gasteiger partial charge in [-0.05, 0) is 40.5 Å². The summed E-state index contributed by atoms with van der Waals surface area (Å²) in [6, 6.07) is 0.275. The lowest BCUT2D eigenvalue weighted by Gasteiger charge is -2.31. The number of hydrogen-bond donors (Lipinski definition) is 2. The number of likely N-dealkylation sites (tertiary alicyclic amines) is 1. The monoisotopic (exact) mass is 282 g/mol. The summed E-state index contributed by atoms with van der Waals surface area (Å²) < 4.78 is 0. The average molecular weight is 282 g/mol. The molecule has 0 aliphatic carbocycles. The van der Waals surface area contributed by atoms with Crippen molar-refractivity contribution in [1.29, 1.82) is 0 Å². The van der Waals surface area contributed by atoms with Gasteiger partial charge in [-0.3, -0.25) is 4.79 Å². The third-order valence-corrected chi connectivity index (χ3v) is 4.40. The Morgan fingerprint density at radius 3 is 2.74 bits per heavy atom. The lowest BCUT2D eigenvalue weighted by atomic mass is 10.0. The maximum atomic E-state index is 12.6. The van der Waals surface area contributed by atoms with Crippen LogP contribution in [-0.2, 0) is 0 Å². The molecule has 0 saturated carbocycles. The van der Waals surface area contributed by atoms with Crippen molar-refractivity contribution < 1.29 is 4.79 Å². The van der Waals surface area contributed by atoms with Crippen LogP contribution in [0, 0.1) is 0 Å². The highest BCUT2D eigenvalue weighted by atomic mass is 32.1. The van der Waals surface area contributed by atoms with Gasteiger partial charge in [0, 0.05) is 18.1 Å². The van der Waals surface area contributed by atoms with E-state index < -0.39 is 0 Å². The number of aromatic nitrogens is 1. The minimum Gasteiger partial charge on any atom is -0.382 e. The Balaban J connectivity index is 2.22. The first kappa shape index (κ1) is 14.1. The Bertz CT molecular complexity index is 481. The zero-order valence-corrected chi connectivity index (χ0v) is 12.8. The van der Waals surface area contributed by atoms with Crippen LogP contribution >= 0.6 is 11.3 Å². The number of anilines is 2. The summed E-state index contributed by atoms with van der Waals surface area (Å²) in [4.78, 5) is 19.3. The molecule has 3 N–H and O–H groups in total. The number of nitrogens with one attached hydrogen (secondary N) is 1. The number of hydrogen-bond acceptors (Lipinski definition) is 5. The normalized spacial score (nSPS) is 18.1. The third-order valence-electron chi connectivity index (χ3n) is 3.41. The fraction of sp³-hybridized carbons (Fsp3) is 0.692. The second kappa shape index (κ2) is 5.00. The maximum absolute atomic E-state index is 12.6. The Hall–Kier alpha value is -1.30. The fourth-order valence-electron chi connectivity index (χ4n) is 2.40. The molecule has 1 aromatic heterocycles. The number of nitrogens with zero attached hydrogens (tertiary/aromatic N) is 2. The van der Waals surface area contributed by atoms with Crippen LogP contribution in [-0.4, -0.2) is 33.9 Å². The summed E-state index contributed by atoms with van der Waals surface area (Å²) in [7, 11) is 0. The molecule has 0 bridgehead atoms. The molecule has 1 aliphatic heterocycles. The highest BCUT2D eigenvalue weighted by Crippen LogP contribution is 2.33. The van der Waals surface area contributed by atoms with E-state index in [1.54, 1.807) is 0 Å². The van der Waals surface area contributed by atoms with Crippen LogP contribution in [0.25, 0.3) is 0 Å². The molecule has 0 atom stereocenters. The number of nitrogen functional groups attached to an aromatic ring is 1. The number of nitrogens with two attached hydrogens (primary N) is 1. The molecule has 1 saturated heterocycles. The van der Waals surface area contributed by atoms with Crippen molar-refractivity contribution in [3.05, 3.63) is 4.88 Å². The lowest BCUT2D eigenvalue weighted by molar-refractivity contribution is 0.0658. The van der Waals surface area contributed by atoms with E-state index in [1.165, 1.54) is 11.3 Å². The maximum Gasteiger partial charge on any atom is 0.268 e. The van der Waals surface area contributed by atoms with Gasteiger partial charge in [0.25, 0.3) is 5.91 Å². The fourth-order valence-corrected chi connectivity index (χ4v) is 3.38. The van der Waals surface area contributed by atoms with E-state index in [4.69, 9.17) is 5.73 Å². The molecule has 2 rings (SSSR count). The number of carbonyl (C=O) groups excluding carboxylic acids is 1. The molecular formula is C13H22N4OS. The smallest absolute Gasteiger partial charge is 0.268 e. The minimum absolute atomic E-state index is 0.00862. The molecule has 0 unspecified atom stereocenters. The summed E-state index contributed by atoms with van der Waals surface area (Å²) >= 11 is 1.35. The van der Waals surface area contributed by atoms with Crippen molar-refractivity contribution in [2.24, 2.45) is 0 Å². The number of thiazole rings is 1. The summed E-state index contributed by atoms with van der Waals surface area (Å²) in [6.45, 7) is 9.06. The molecule has 0 spiro atoms. The van der Waals surface area contributed by atoms with Crippen LogP contribution in [0.4, 0.5) is 10.9 Å². The average Bonchev–Trinajstić information content (AvgIpc) is 2.79. The van der Waals surface area contributed by atoms with Crippen molar-refractivity contribution in [3.8, 4) is 0 Å². The summed E-state index contributed by atoms with van der Waals surface area (Å²) in [6.07, 6.45) is 2.09. The second-order valence-electron chi connectivity index (χ2n) is 5.91. The number of carbonyl (C=O) groups is 1. The van der Waals surface area contributed by atoms with E-state index in [1.807, 2.05) is 18.7 Å². The zero-order valence-electron chi connectivity index (χ0n) is 12.0. The van der Waals surface area contributed by atoms with E-state index in [-0.39, 0.29) is 17.5 Å². The van der Waals surface area contributed by atoms with Gasteiger partial charge in [0.2, 0.25) is 0 Å². The van der Waals surface area contributed by atoms with E-state index >= 15 is 0 Å². The van der Waals surface area contributed by atoms with Gasteiger partial charge >= 0.3 is 0 Å². The highest BCUT2D eigenvalue weighted by Gasteiger charge is 2.37. The van der Waals surface area contributed by atoms with Gasteiger partial charge in [-0.15, -0.1) is 0 Å². The molecule has 5 nitrogen and oxygen atoms in total. The Morgan fingerprint density at radius 2 is 2.21 bits per heavy atom. The standard InChI is InChI=1S/C13H22N4OS/c1-8(2)15-12-16-10(14)9(19-12)11(18)17-7-5-6-13(17,3)4/h8H,5-7,14H2,1-4H3,(H,15,16). The molecule has 6 heteroatoms. The van der Waals surface area contributed by atoms with Gasteiger partial charge in [0.1, 0.15) is 10.7 Å². The van der Waals surface area contributed by atoms with Crippen molar-refractivity contribution >= 4 is 28.2 Å². The summed E-state index contributed by atoms with van der Waals surface area (Å²) in [5.74, 6) is 0.343. The van der Waals surface area contributed by atoms with Crippen molar-refractivity contribution in [3.63, 3.8) is 0 Å². The quantitative estimate of drug-likeness (QED) is 0.894. The number of rotatable bonds is 3. The van der Waals surface area contributed by atoms with Gasteiger partial charge in [-0.25, -0.2) is 4.98 Å². The Morgan fingerprint density at radius 1 is 1.53 bits per heavy atom. The summed E-state index contributed by atoms with van der Waals surface area (Å²) in [5, 5.41) is 3.90. The van der Waals surface area contributed by atoms with Crippen molar-refractivity contribution in [1.82, 2.24) is 9.88 Å². The first-order valence-electron chi connectivity index (χ1n) is 6.66. The molecule has 2 heterocycles. The first-order chi connectivity index (χ1) is 8.81. The van der Waals surface area contributed by atoms with Gasteiger partial charge in [-0.1, -0.05) is 11.3 Å². The van der Waals surface area contributed by atoms with E-state index in [2.05, 4.69) is 24.1 Å². The molecule has 0 aromatic carbocycles. The van der Waals surface area contributed by atoms with Gasteiger partial charge in [0.15, 0.2) is 5.13 Å². The van der Waals surface area contributed by atoms with Gasteiger partial charge < -0.3 is 16.0 Å². The van der Waals surface area contributed by atoms with Crippen LogP contribution in [0.5, 0.6) is 0 Å². The predicted octanol–water partition coefficient (Wildman–Crippen LogP) is 2.56. The molecule has 19 heavy (non-hydrogen) atoms. The van der Waals surface area contributed by atoms with E-state index in [0.29, 0.717) is 15.8 Å². The first-order valence-corrected chi connectivity index (χ1v) is 7.48. The van der Waals surface area contributed by atoms with Crippen LogP contribution < -0.4 is 11.1 Å². The SMILES string of the molecule is CC(C)Nc1nc(N)c(C(=O)N2CCCC2(C)C)s1.